The second kappa shape index (κ2) is 15.0. The molecule has 12 N–H and O–H groups in total. The van der Waals surface area contributed by atoms with Gasteiger partial charge in [0.2, 0.25) is 17.7 Å². The first-order valence-electron chi connectivity index (χ1n) is 11.5. The van der Waals surface area contributed by atoms with Crippen LogP contribution in [0.3, 0.4) is 0 Å². The number of aromatic amines is 1. The number of hydrogen-bond acceptors (Lipinski definition) is 8. The highest BCUT2D eigenvalue weighted by Crippen LogP contribution is 2.06. The van der Waals surface area contributed by atoms with E-state index in [4.69, 9.17) is 17.2 Å². The van der Waals surface area contributed by atoms with Crippen molar-refractivity contribution in [3.05, 3.63) is 18.2 Å². The molecule has 3 amide bonds. The van der Waals surface area contributed by atoms with Gasteiger partial charge in [0.15, 0.2) is 5.96 Å². The number of aliphatic imine (C=N–C) groups is 1. The van der Waals surface area contributed by atoms with Gasteiger partial charge in [-0.15, -0.1) is 0 Å². The van der Waals surface area contributed by atoms with Crippen molar-refractivity contribution in [2.45, 2.75) is 63.7 Å². The summed E-state index contributed by atoms with van der Waals surface area (Å²) in [5.41, 5.74) is 17.0. The molecule has 1 aromatic heterocycles. The minimum absolute atomic E-state index is 0.00807. The van der Waals surface area contributed by atoms with Crippen LogP contribution in [0.4, 0.5) is 0 Å². The molecule has 4 unspecified atom stereocenters. The zero-order chi connectivity index (χ0) is 28.1. The molecule has 4 atom stereocenters. The van der Waals surface area contributed by atoms with E-state index < -0.39 is 66.2 Å². The van der Waals surface area contributed by atoms with Crippen molar-refractivity contribution in [3.8, 4) is 0 Å². The number of nitrogens with two attached hydrogens (primary N) is 3. The number of hydrogen-bond donors (Lipinski definition) is 9. The Bertz CT molecular complexity index is 962. The van der Waals surface area contributed by atoms with Gasteiger partial charge in [0.25, 0.3) is 0 Å². The van der Waals surface area contributed by atoms with Gasteiger partial charge in [0, 0.05) is 24.9 Å². The number of carbonyl (C=O) groups excluding carboxylic acids is 3. The maximum absolute atomic E-state index is 13.0. The zero-order valence-electron chi connectivity index (χ0n) is 20.6. The molecule has 0 radical (unpaired) electrons. The van der Waals surface area contributed by atoms with Crippen LogP contribution < -0.4 is 33.2 Å². The van der Waals surface area contributed by atoms with Gasteiger partial charge in [-0.2, -0.15) is 0 Å². The lowest BCUT2D eigenvalue weighted by molar-refractivity contribution is -0.144. The molecule has 1 heterocycles. The molecule has 16 nitrogen and oxygen atoms in total. The summed E-state index contributed by atoms with van der Waals surface area (Å²) < 4.78 is 0. The maximum Gasteiger partial charge on any atom is 0.326 e. The number of nitrogens with zero attached hydrogens (tertiary/aromatic N) is 2. The molecule has 0 fully saturated rings. The topological polar surface area (TPSA) is 281 Å². The van der Waals surface area contributed by atoms with Crippen LogP contribution in [0.1, 0.15) is 38.8 Å². The number of nitrogens with one attached hydrogen (secondary N) is 4. The quantitative estimate of drug-likeness (QED) is 0.0595. The average Bonchev–Trinajstić information content (AvgIpc) is 3.30. The van der Waals surface area contributed by atoms with E-state index >= 15 is 0 Å². The number of aliphatic carboxylic acids is 2. The summed E-state index contributed by atoms with van der Waals surface area (Å²) in [6.45, 7) is 3.30. The Hall–Kier alpha value is -4.21. The number of guanidine groups is 1. The molecule has 206 valence electrons. The Kier molecular flexibility index (Phi) is 12.5. The van der Waals surface area contributed by atoms with E-state index in [1.54, 1.807) is 13.8 Å². The van der Waals surface area contributed by atoms with E-state index in [0.717, 1.165) is 0 Å². The molecule has 0 saturated carbocycles. The molecule has 0 saturated heterocycles. The summed E-state index contributed by atoms with van der Waals surface area (Å²) >= 11 is 0. The third-order valence-corrected chi connectivity index (χ3v) is 5.15. The fraction of sp³-hybridized carbons (Fsp3) is 0.571. The van der Waals surface area contributed by atoms with Crippen molar-refractivity contribution in [1.82, 2.24) is 25.9 Å². The summed E-state index contributed by atoms with van der Waals surface area (Å²) in [7, 11) is 0. The molecule has 0 bridgehead atoms. The van der Waals surface area contributed by atoms with Crippen LogP contribution in [0.5, 0.6) is 0 Å². The Morgan fingerprint density at radius 2 is 1.65 bits per heavy atom. The van der Waals surface area contributed by atoms with Crippen molar-refractivity contribution in [1.29, 1.82) is 0 Å². The lowest BCUT2D eigenvalue weighted by Crippen LogP contribution is -2.58. The highest BCUT2D eigenvalue weighted by molar-refractivity contribution is 5.95. The van der Waals surface area contributed by atoms with E-state index in [-0.39, 0.29) is 31.8 Å². The van der Waals surface area contributed by atoms with Crippen LogP contribution in [0.2, 0.25) is 0 Å². The number of carbonyl (C=O) groups is 5. The minimum Gasteiger partial charge on any atom is -0.481 e. The number of rotatable bonds is 16. The van der Waals surface area contributed by atoms with Crippen molar-refractivity contribution in [2.75, 3.05) is 6.54 Å². The van der Waals surface area contributed by atoms with Crippen molar-refractivity contribution in [3.63, 3.8) is 0 Å². The molecule has 0 spiro atoms. The smallest absolute Gasteiger partial charge is 0.326 e. The van der Waals surface area contributed by atoms with E-state index in [0.29, 0.717) is 5.69 Å². The first-order chi connectivity index (χ1) is 17.3. The third kappa shape index (κ3) is 11.4. The van der Waals surface area contributed by atoms with Gasteiger partial charge < -0.3 is 48.3 Å². The second-order valence-electron chi connectivity index (χ2n) is 8.63. The molecular weight excluding hydrogens is 490 g/mol. The fourth-order valence-electron chi connectivity index (χ4n) is 3.20. The first-order valence-corrected chi connectivity index (χ1v) is 11.5. The molecule has 37 heavy (non-hydrogen) atoms. The van der Waals surface area contributed by atoms with Crippen molar-refractivity contribution in [2.24, 2.45) is 28.1 Å². The normalized spacial score (nSPS) is 14.1. The Morgan fingerprint density at radius 3 is 2.16 bits per heavy atom. The van der Waals surface area contributed by atoms with Crippen LogP contribution in [0, 0.1) is 5.92 Å². The van der Waals surface area contributed by atoms with E-state index in [9.17, 15) is 34.2 Å². The minimum atomic E-state index is -1.56. The predicted octanol–water partition coefficient (Wildman–Crippen LogP) is -3.00. The van der Waals surface area contributed by atoms with Gasteiger partial charge in [-0.3, -0.25) is 24.2 Å². The largest absolute Gasteiger partial charge is 0.481 e. The zero-order valence-corrected chi connectivity index (χ0v) is 20.6. The molecule has 1 rings (SSSR count). The Balaban J connectivity index is 3.00. The van der Waals surface area contributed by atoms with Gasteiger partial charge in [-0.1, -0.05) is 13.8 Å². The van der Waals surface area contributed by atoms with Crippen molar-refractivity contribution < 1.29 is 34.2 Å². The monoisotopic (exact) mass is 525 g/mol. The molecule has 0 aliphatic heterocycles. The molecule has 0 aliphatic rings. The van der Waals surface area contributed by atoms with Crippen LogP contribution in [-0.2, 0) is 30.4 Å². The van der Waals surface area contributed by atoms with Gasteiger partial charge >= 0.3 is 11.9 Å². The fourth-order valence-corrected chi connectivity index (χ4v) is 3.20. The Morgan fingerprint density at radius 1 is 1.03 bits per heavy atom. The lowest BCUT2D eigenvalue weighted by atomic mass is 10.0. The summed E-state index contributed by atoms with van der Waals surface area (Å²) in [4.78, 5) is 71.6. The van der Waals surface area contributed by atoms with Crippen LogP contribution in [0.15, 0.2) is 17.5 Å². The highest BCUT2D eigenvalue weighted by Gasteiger charge is 2.32. The van der Waals surface area contributed by atoms with Crippen LogP contribution in [-0.4, -0.2) is 86.5 Å². The summed E-state index contributed by atoms with van der Waals surface area (Å²) in [6, 6.07) is -5.19. The average molecular weight is 526 g/mol. The second-order valence-corrected chi connectivity index (χ2v) is 8.63. The predicted molar refractivity (Wildman–Crippen MR) is 131 cm³/mol. The van der Waals surface area contributed by atoms with E-state index in [1.165, 1.54) is 12.5 Å². The number of carboxylic acids is 2. The number of amides is 3. The standard InChI is InChI=1S/C21H35N9O7/c1-10(2)16(20(36)37)30-18(34)13(4-3-5-26-21(23)24)28-19(35)14(7-15(31)32)29-17(33)12(22)6-11-8-25-9-27-11/h8-10,12-14,16H,3-7,22H2,1-2H3,(H,25,27)(H,28,35)(H,29,33)(H,30,34)(H,31,32)(H,36,37)(H4,23,24,26). The molecule has 0 aromatic carbocycles. The van der Waals surface area contributed by atoms with Gasteiger partial charge in [0.05, 0.1) is 18.8 Å². The molecule has 0 aliphatic carbocycles. The summed E-state index contributed by atoms with van der Waals surface area (Å²) in [5, 5.41) is 25.7. The highest BCUT2D eigenvalue weighted by atomic mass is 16.4. The van der Waals surface area contributed by atoms with E-state index in [2.05, 4.69) is 30.9 Å². The van der Waals surface area contributed by atoms with Gasteiger partial charge in [0.1, 0.15) is 18.1 Å². The number of carboxylic acid groups (broad SMARTS) is 2. The number of H-pyrrole nitrogens is 1. The Labute approximate surface area is 212 Å². The van der Waals surface area contributed by atoms with Crippen molar-refractivity contribution >= 4 is 35.6 Å². The van der Waals surface area contributed by atoms with E-state index in [1.807, 2.05) is 0 Å². The molecule has 16 heteroatoms. The molecule has 1 aromatic rings. The summed E-state index contributed by atoms with van der Waals surface area (Å²) in [6.07, 6.45) is 2.33. The van der Waals surface area contributed by atoms with Crippen LogP contribution in [0.25, 0.3) is 0 Å². The third-order valence-electron chi connectivity index (χ3n) is 5.15. The van der Waals surface area contributed by atoms with Gasteiger partial charge in [-0.05, 0) is 18.8 Å². The molecular formula is C21H35N9O7. The number of aromatic nitrogens is 2. The SMILES string of the molecule is CC(C)C(NC(=O)C(CCCN=C(N)N)NC(=O)C(CC(=O)O)NC(=O)C(N)Cc1cnc[nH]1)C(=O)O. The number of imidazole rings is 1. The maximum atomic E-state index is 13.0. The lowest BCUT2D eigenvalue weighted by Gasteiger charge is -2.25. The van der Waals surface area contributed by atoms with Crippen LogP contribution >= 0.6 is 0 Å². The first kappa shape index (κ1) is 30.8. The summed E-state index contributed by atoms with van der Waals surface area (Å²) in [5.74, 6) is -5.87. The van der Waals surface area contributed by atoms with Gasteiger partial charge in [-0.25, -0.2) is 9.78 Å².